The number of urea groups is 1. The number of furan rings is 1. The van der Waals surface area contributed by atoms with E-state index in [4.69, 9.17) is 9.52 Å². The van der Waals surface area contributed by atoms with Gasteiger partial charge < -0.3 is 19.3 Å². The highest BCUT2D eigenvalue weighted by molar-refractivity contribution is 5.91. The van der Waals surface area contributed by atoms with Crippen molar-refractivity contribution in [3.05, 3.63) is 35.6 Å². The Morgan fingerprint density at radius 1 is 1.35 bits per heavy atom. The van der Waals surface area contributed by atoms with E-state index >= 15 is 0 Å². The minimum absolute atomic E-state index is 0.0171. The predicted octanol–water partition coefficient (Wildman–Crippen LogP) is 2.00. The highest BCUT2D eigenvalue weighted by Gasteiger charge is 2.25. The Kier molecular flexibility index (Phi) is 2.85. The first kappa shape index (κ1) is 12.5. The SMILES string of the molecule is CN1CCN(Cc2ccc3oc(C(=O)O)cc3c2)C1=O. The molecular formula is C14H14N2O4. The maximum atomic E-state index is 11.8. The number of hydrogen-bond donors (Lipinski definition) is 1. The summed E-state index contributed by atoms with van der Waals surface area (Å²) in [6.07, 6.45) is 0. The van der Waals surface area contributed by atoms with Gasteiger partial charge in [-0.2, -0.15) is 0 Å². The van der Waals surface area contributed by atoms with Gasteiger partial charge in [0.2, 0.25) is 5.76 Å². The van der Waals surface area contributed by atoms with Crippen LogP contribution < -0.4 is 0 Å². The van der Waals surface area contributed by atoms with Gasteiger partial charge in [-0.1, -0.05) is 6.07 Å². The summed E-state index contributed by atoms with van der Waals surface area (Å²) in [7, 11) is 1.78. The quantitative estimate of drug-likeness (QED) is 0.929. The molecule has 104 valence electrons. The molecule has 6 nitrogen and oxygen atoms in total. The van der Waals surface area contributed by atoms with Gasteiger partial charge in [0.05, 0.1) is 0 Å². The van der Waals surface area contributed by atoms with Gasteiger partial charge >= 0.3 is 12.0 Å². The third-order valence-corrected chi connectivity index (χ3v) is 3.47. The lowest BCUT2D eigenvalue weighted by molar-refractivity contribution is 0.0665. The Hall–Kier alpha value is -2.50. The fourth-order valence-electron chi connectivity index (χ4n) is 2.37. The van der Waals surface area contributed by atoms with E-state index in [2.05, 4.69) is 0 Å². The summed E-state index contributed by atoms with van der Waals surface area (Å²) in [5.74, 6) is -1.16. The number of rotatable bonds is 3. The molecular weight excluding hydrogens is 260 g/mol. The zero-order chi connectivity index (χ0) is 14.3. The van der Waals surface area contributed by atoms with E-state index in [1.165, 1.54) is 6.07 Å². The second-order valence-corrected chi connectivity index (χ2v) is 4.91. The lowest BCUT2D eigenvalue weighted by Crippen LogP contribution is -2.28. The molecule has 1 N–H and O–H groups in total. The average Bonchev–Trinajstić information content (AvgIpc) is 2.97. The van der Waals surface area contributed by atoms with Crippen LogP contribution in [0.1, 0.15) is 16.1 Å². The van der Waals surface area contributed by atoms with E-state index in [1.807, 2.05) is 12.1 Å². The van der Waals surface area contributed by atoms with Gasteiger partial charge in [-0.15, -0.1) is 0 Å². The maximum absolute atomic E-state index is 11.8. The molecule has 0 bridgehead atoms. The normalized spacial score (nSPS) is 15.3. The summed E-state index contributed by atoms with van der Waals surface area (Å²) in [5, 5.41) is 9.63. The van der Waals surface area contributed by atoms with Gasteiger partial charge in [0.15, 0.2) is 0 Å². The van der Waals surface area contributed by atoms with Crippen molar-refractivity contribution in [2.45, 2.75) is 6.54 Å². The Labute approximate surface area is 115 Å². The van der Waals surface area contributed by atoms with Gasteiger partial charge in [-0.25, -0.2) is 9.59 Å². The van der Waals surface area contributed by atoms with E-state index < -0.39 is 5.97 Å². The minimum atomic E-state index is -1.08. The fourth-order valence-corrected chi connectivity index (χ4v) is 2.37. The number of carbonyl (C=O) groups excluding carboxylic acids is 1. The van der Waals surface area contributed by atoms with Crippen LogP contribution in [-0.2, 0) is 6.54 Å². The smallest absolute Gasteiger partial charge is 0.371 e. The highest BCUT2D eigenvalue weighted by atomic mass is 16.4. The molecule has 0 atom stereocenters. The standard InChI is InChI=1S/C14H14N2O4/c1-15-4-5-16(14(15)19)8-9-2-3-11-10(6-9)7-12(20-11)13(17)18/h2-3,6-7H,4-5,8H2,1H3,(H,17,18). The van der Waals surface area contributed by atoms with Crippen molar-refractivity contribution in [2.24, 2.45) is 0 Å². The van der Waals surface area contributed by atoms with Crippen molar-refractivity contribution in [1.29, 1.82) is 0 Å². The Bertz CT molecular complexity index is 692. The second kappa shape index (κ2) is 4.56. The molecule has 1 aromatic carbocycles. The predicted molar refractivity (Wildman–Crippen MR) is 71.6 cm³/mol. The van der Waals surface area contributed by atoms with E-state index in [0.717, 1.165) is 17.5 Å². The molecule has 1 aliphatic heterocycles. The molecule has 1 saturated heterocycles. The van der Waals surface area contributed by atoms with Gasteiger partial charge in [0.1, 0.15) is 5.58 Å². The molecule has 3 rings (SSSR count). The van der Waals surface area contributed by atoms with Crippen LogP contribution in [0.4, 0.5) is 4.79 Å². The summed E-state index contributed by atoms with van der Waals surface area (Å²) in [5.41, 5.74) is 1.50. The number of carboxylic acid groups (broad SMARTS) is 1. The first-order chi connectivity index (χ1) is 9.54. The van der Waals surface area contributed by atoms with Crippen LogP contribution in [0, 0.1) is 0 Å². The molecule has 20 heavy (non-hydrogen) atoms. The van der Waals surface area contributed by atoms with Gasteiger partial charge in [-0.05, 0) is 23.8 Å². The number of hydrogen-bond acceptors (Lipinski definition) is 3. The number of amides is 2. The molecule has 2 aromatic rings. The molecule has 1 aromatic heterocycles. The topological polar surface area (TPSA) is 74.0 Å². The second-order valence-electron chi connectivity index (χ2n) is 4.91. The lowest BCUT2D eigenvalue weighted by Gasteiger charge is -2.15. The van der Waals surface area contributed by atoms with Gasteiger partial charge in [0, 0.05) is 32.1 Å². The van der Waals surface area contributed by atoms with E-state index in [1.54, 1.807) is 22.9 Å². The number of carbonyl (C=O) groups is 2. The summed E-state index contributed by atoms with van der Waals surface area (Å²) >= 11 is 0. The van der Waals surface area contributed by atoms with Crippen LogP contribution >= 0.6 is 0 Å². The van der Waals surface area contributed by atoms with Crippen LogP contribution in [-0.4, -0.2) is 47.0 Å². The summed E-state index contributed by atoms with van der Waals surface area (Å²) in [6.45, 7) is 1.96. The molecule has 0 unspecified atom stereocenters. The van der Waals surface area contributed by atoms with Crippen molar-refractivity contribution in [2.75, 3.05) is 20.1 Å². The molecule has 0 aliphatic carbocycles. The van der Waals surface area contributed by atoms with Crippen LogP contribution in [0.5, 0.6) is 0 Å². The van der Waals surface area contributed by atoms with E-state index in [-0.39, 0.29) is 11.8 Å². The number of aromatic carboxylic acids is 1. The average molecular weight is 274 g/mol. The van der Waals surface area contributed by atoms with Crippen LogP contribution in [0.2, 0.25) is 0 Å². The Morgan fingerprint density at radius 2 is 2.15 bits per heavy atom. The molecule has 2 amide bonds. The van der Waals surface area contributed by atoms with Gasteiger partial charge in [-0.3, -0.25) is 0 Å². The molecule has 6 heteroatoms. The van der Waals surface area contributed by atoms with Crippen molar-refractivity contribution in [1.82, 2.24) is 9.80 Å². The molecule has 0 saturated carbocycles. The number of likely N-dealkylation sites (N-methyl/N-ethyl adjacent to an activating group) is 1. The highest BCUT2D eigenvalue weighted by Crippen LogP contribution is 2.22. The third-order valence-electron chi connectivity index (χ3n) is 3.47. The molecule has 2 heterocycles. The zero-order valence-electron chi connectivity index (χ0n) is 11.0. The third kappa shape index (κ3) is 2.09. The number of benzene rings is 1. The minimum Gasteiger partial charge on any atom is -0.475 e. The van der Waals surface area contributed by atoms with Crippen LogP contribution in [0.15, 0.2) is 28.7 Å². The van der Waals surface area contributed by atoms with Crippen molar-refractivity contribution in [3.8, 4) is 0 Å². The Balaban J connectivity index is 1.85. The fraction of sp³-hybridized carbons (Fsp3) is 0.286. The summed E-state index contributed by atoms with van der Waals surface area (Å²) < 4.78 is 5.20. The lowest BCUT2D eigenvalue weighted by atomic mass is 10.1. The van der Waals surface area contributed by atoms with Crippen LogP contribution in [0.25, 0.3) is 11.0 Å². The van der Waals surface area contributed by atoms with Crippen molar-refractivity contribution in [3.63, 3.8) is 0 Å². The van der Waals surface area contributed by atoms with E-state index in [9.17, 15) is 9.59 Å². The first-order valence-corrected chi connectivity index (χ1v) is 6.30. The number of nitrogens with zero attached hydrogens (tertiary/aromatic N) is 2. The van der Waals surface area contributed by atoms with E-state index in [0.29, 0.717) is 18.7 Å². The summed E-state index contributed by atoms with van der Waals surface area (Å²) in [4.78, 5) is 26.1. The van der Waals surface area contributed by atoms with Crippen LogP contribution in [0.3, 0.4) is 0 Å². The summed E-state index contributed by atoms with van der Waals surface area (Å²) in [6, 6.07) is 6.96. The molecule has 1 aliphatic rings. The number of carboxylic acids is 1. The monoisotopic (exact) mass is 274 g/mol. The number of fused-ring (bicyclic) bond motifs is 1. The first-order valence-electron chi connectivity index (χ1n) is 6.30. The Morgan fingerprint density at radius 3 is 2.80 bits per heavy atom. The zero-order valence-corrected chi connectivity index (χ0v) is 11.0. The maximum Gasteiger partial charge on any atom is 0.371 e. The van der Waals surface area contributed by atoms with Crippen molar-refractivity contribution < 1.29 is 19.1 Å². The van der Waals surface area contributed by atoms with Gasteiger partial charge in [0.25, 0.3) is 0 Å². The molecule has 0 radical (unpaired) electrons. The molecule has 1 fully saturated rings. The van der Waals surface area contributed by atoms with Crippen molar-refractivity contribution >= 4 is 23.0 Å². The largest absolute Gasteiger partial charge is 0.475 e. The molecule has 0 spiro atoms.